The summed E-state index contributed by atoms with van der Waals surface area (Å²) < 4.78 is 5.47. The maximum atomic E-state index is 13.4. The Hall–Kier alpha value is -3.86. The number of Topliss-reactive ketones (excluding diaryl/α,β-unsaturated/α-hetero) is 1. The number of carbonyl (C=O) groups is 2. The summed E-state index contributed by atoms with van der Waals surface area (Å²) in [5.74, 6) is -0.690. The van der Waals surface area contributed by atoms with Crippen molar-refractivity contribution in [2.45, 2.75) is 39.7 Å². The van der Waals surface area contributed by atoms with Crippen LogP contribution in [0, 0.1) is 13.8 Å². The molecule has 1 aliphatic heterocycles. The van der Waals surface area contributed by atoms with E-state index in [2.05, 4.69) is 0 Å². The first-order valence-electron chi connectivity index (χ1n) is 11.4. The summed E-state index contributed by atoms with van der Waals surface area (Å²) in [6.07, 6.45) is 0. The fourth-order valence-electron chi connectivity index (χ4n) is 4.55. The van der Waals surface area contributed by atoms with Gasteiger partial charge in [0.05, 0.1) is 18.7 Å². The molecule has 3 aromatic carbocycles. The molecular formula is C29H29NO4. The van der Waals surface area contributed by atoms with Gasteiger partial charge in [0.1, 0.15) is 11.5 Å². The Kier molecular flexibility index (Phi) is 6.29. The van der Waals surface area contributed by atoms with Crippen molar-refractivity contribution >= 4 is 23.1 Å². The first kappa shape index (κ1) is 23.3. The second-order valence-corrected chi connectivity index (χ2v) is 8.98. The molecule has 1 fully saturated rings. The SMILES string of the molecule is COc1ccc(/C(O)=C2\C(=O)C(=O)N(c3cccc(C)c3)C2c2ccccc2C)cc1C(C)C. The summed E-state index contributed by atoms with van der Waals surface area (Å²) in [5, 5.41) is 11.5. The third kappa shape index (κ3) is 3.98. The molecule has 1 aliphatic rings. The van der Waals surface area contributed by atoms with E-state index in [9.17, 15) is 14.7 Å². The van der Waals surface area contributed by atoms with Crippen molar-refractivity contribution in [2.75, 3.05) is 12.0 Å². The molecule has 174 valence electrons. The lowest BCUT2D eigenvalue weighted by molar-refractivity contribution is -0.132. The van der Waals surface area contributed by atoms with Crippen LogP contribution in [0.25, 0.3) is 5.76 Å². The molecule has 4 rings (SSSR count). The smallest absolute Gasteiger partial charge is 0.300 e. The highest BCUT2D eigenvalue weighted by Crippen LogP contribution is 2.43. The van der Waals surface area contributed by atoms with Crippen molar-refractivity contribution in [1.29, 1.82) is 0 Å². The van der Waals surface area contributed by atoms with Crippen LogP contribution in [-0.4, -0.2) is 23.9 Å². The zero-order valence-electron chi connectivity index (χ0n) is 20.1. The molecule has 34 heavy (non-hydrogen) atoms. The van der Waals surface area contributed by atoms with Crippen LogP contribution in [-0.2, 0) is 9.59 Å². The molecule has 0 radical (unpaired) electrons. The molecule has 0 aromatic heterocycles. The van der Waals surface area contributed by atoms with E-state index in [-0.39, 0.29) is 17.3 Å². The molecule has 1 unspecified atom stereocenters. The molecule has 5 nitrogen and oxygen atoms in total. The van der Waals surface area contributed by atoms with E-state index in [0.717, 1.165) is 22.3 Å². The second kappa shape index (κ2) is 9.18. The minimum Gasteiger partial charge on any atom is -0.507 e. The number of hydrogen-bond donors (Lipinski definition) is 1. The van der Waals surface area contributed by atoms with Crippen molar-refractivity contribution in [3.8, 4) is 5.75 Å². The van der Waals surface area contributed by atoms with E-state index in [1.54, 1.807) is 19.2 Å². The maximum absolute atomic E-state index is 13.4. The van der Waals surface area contributed by atoms with Crippen molar-refractivity contribution in [2.24, 2.45) is 0 Å². The van der Waals surface area contributed by atoms with E-state index in [4.69, 9.17) is 4.74 Å². The molecular weight excluding hydrogens is 426 g/mol. The van der Waals surface area contributed by atoms with Crippen LogP contribution < -0.4 is 9.64 Å². The van der Waals surface area contributed by atoms with E-state index in [0.29, 0.717) is 17.0 Å². The lowest BCUT2D eigenvalue weighted by atomic mass is 9.91. The Balaban J connectivity index is 1.97. The van der Waals surface area contributed by atoms with Crippen LogP contribution in [0.1, 0.15) is 53.6 Å². The lowest BCUT2D eigenvalue weighted by Crippen LogP contribution is -2.29. The van der Waals surface area contributed by atoms with Gasteiger partial charge in [-0.05, 0) is 72.4 Å². The number of rotatable bonds is 5. The molecule has 1 atom stereocenters. The third-order valence-electron chi connectivity index (χ3n) is 6.33. The molecule has 0 saturated carbocycles. The Morgan fingerprint density at radius 2 is 1.71 bits per heavy atom. The number of nitrogens with zero attached hydrogens (tertiary/aromatic N) is 1. The van der Waals surface area contributed by atoms with Gasteiger partial charge >= 0.3 is 0 Å². The normalized spacial score (nSPS) is 17.5. The molecule has 0 aliphatic carbocycles. The molecule has 1 saturated heterocycles. The highest BCUT2D eigenvalue weighted by molar-refractivity contribution is 6.51. The Morgan fingerprint density at radius 1 is 0.971 bits per heavy atom. The summed E-state index contributed by atoms with van der Waals surface area (Å²) >= 11 is 0. The number of carbonyl (C=O) groups excluding carboxylic acids is 2. The zero-order chi connectivity index (χ0) is 24.6. The first-order chi connectivity index (χ1) is 16.2. The number of amides is 1. The number of ether oxygens (including phenoxy) is 1. The van der Waals surface area contributed by atoms with Gasteiger partial charge in [0.25, 0.3) is 11.7 Å². The summed E-state index contributed by atoms with van der Waals surface area (Å²) in [5.41, 5.74) is 4.78. The van der Waals surface area contributed by atoms with Crippen molar-refractivity contribution < 1.29 is 19.4 Å². The molecule has 0 bridgehead atoms. The van der Waals surface area contributed by atoms with Gasteiger partial charge in [0.2, 0.25) is 0 Å². The van der Waals surface area contributed by atoms with Gasteiger partial charge in [-0.3, -0.25) is 14.5 Å². The minimum atomic E-state index is -0.743. The molecule has 3 aromatic rings. The number of aryl methyl sites for hydroxylation is 2. The highest BCUT2D eigenvalue weighted by atomic mass is 16.5. The lowest BCUT2D eigenvalue weighted by Gasteiger charge is -2.27. The summed E-state index contributed by atoms with van der Waals surface area (Å²) in [6, 6.07) is 19.7. The predicted molar refractivity (Wildman–Crippen MR) is 134 cm³/mol. The summed E-state index contributed by atoms with van der Waals surface area (Å²) in [6.45, 7) is 7.95. The van der Waals surface area contributed by atoms with Gasteiger partial charge in [-0.1, -0.05) is 50.2 Å². The third-order valence-corrected chi connectivity index (χ3v) is 6.33. The predicted octanol–water partition coefficient (Wildman–Crippen LogP) is 6.06. The van der Waals surface area contributed by atoms with Gasteiger partial charge in [0.15, 0.2) is 0 Å². The Bertz CT molecular complexity index is 1300. The van der Waals surface area contributed by atoms with Crippen molar-refractivity contribution in [1.82, 2.24) is 0 Å². The average molecular weight is 456 g/mol. The number of aliphatic hydroxyl groups excluding tert-OH is 1. The van der Waals surface area contributed by atoms with Gasteiger partial charge in [-0.2, -0.15) is 0 Å². The number of hydrogen-bond acceptors (Lipinski definition) is 4. The van der Waals surface area contributed by atoms with E-state index >= 15 is 0 Å². The average Bonchev–Trinajstić information content (AvgIpc) is 3.08. The molecule has 0 spiro atoms. The van der Waals surface area contributed by atoms with Crippen molar-refractivity contribution in [3.05, 3.63) is 100 Å². The zero-order valence-corrected chi connectivity index (χ0v) is 20.1. The number of aliphatic hydroxyl groups is 1. The minimum absolute atomic E-state index is 0.0840. The quantitative estimate of drug-likeness (QED) is 0.288. The second-order valence-electron chi connectivity index (χ2n) is 8.98. The highest BCUT2D eigenvalue weighted by Gasteiger charge is 2.47. The summed E-state index contributed by atoms with van der Waals surface area (Å²) in [7, 11) is 1.60. The van der Waals surface area contributed by atoms with Crippen LogP contribution in [0.3, 0.4) is 0 Å². The monoisotopic (exact) mass is 455 g/mol. The Morgan fingerprint density at radius 3 is 2.35 bits per heavy atom. The van der Waals surface area contributed by atoms with E-state index < -0.39 is 17.7 Å². The first-order valence-corrected chi connectivity index (χ1v) is 11.4. The fourth-order valence-corrected chi connectivity index (χ4v) is 4.55. The van der Waals surface area contributed by atoms with Gasteiger partial charge in [0, 0.05) is 11.3 Å². The van der Waals surface area contributed by atoms with Crippen LogP contribution in [0.4, 0.5) is 5.69 Å². The fraction of sp³-hybridized carbons (Fsp3) is 0.241. The number of benzene rings is 3. The standard InChI is InChI=1S/C29H29NO4/c1-17(2)23-16-20(13-14-24(23)34-5)27(31)25-26(22-12-7-6-10-19(22)4)30(29(33)28(25)32)21-11-8-9-18(3)15-21/h6-17,26,31H,1-5H3/b27-25+. The molecule has 1 N–H and O–H groups in total. The summed E-state index contributed by atoms with van der Waals surface area (Å²) in [4.78, 5) is 28.2. The van der Waals surface area contributed by atoms with E-state index in [1.807, 2.05) is 82.3 Å². The number of anilines is 1. The Labute approximate surface area is 200 Å². The number of ketones is 1. The van der Waals surface area contributed by atoms with Crippen molar-refractivity contribution in [3.63, 3.8) is 0 Å². The molecule has 5 heteroatoms. The topological polar surface area (TPSA) is 66.8 Å². The largest absolute Gasteiger partial charge is 0.507 e. The van der Waals surface area contributed by atoms with Crippen LogP contribution in [0.5, 0.6) is 5.75 Å². The van der Waals surface area contributed by atoms with Gasteiger partial charge in [-0.25, -0.2) is 0 Å². The van der Waals surface area contributed by atoms with Crippen LogP contribution in [0.15, 0.2) is 72.3 Å². The van der Waals surface area contributed by atoms with E-state index in [1.165, 1.54) is 4.90 Å². The maximum Gasteiger partial charge on any atom is 0.300 e. The van der Waals surface area contributed by atoms with Gasteiger partial charge in [-0.15, -0.1) is 0 Å². The molecule has 1 amide bonds. The van der Waals surface area contributed by atoms with Crippen LogP contribution in [0.2, 0.25) is 0 Å². The number of methoxy groups -OCH3 is 1. The van der Waals surface area contributed by atoms with Gasteiger partial charge < -0.3 is 9.84 Å². The van der Waals surface area contributed by atoms with Crippen LogP contribution >= 0.6 is 0 Å². The molecule has 1 heterocycles.